The molecule has 1 N–H and O–H groups in total. The molecule has 2 rings (SSSR count). The smallest absolute Gasteiger partial charge is 0.247 e. The maximum absolute atomic E-state index is 12.7. The van der Waals surface area contributed by atoms with Crippen molar-refractivity contribution < 1.29 is 17.9 Å². The molecule has 2 aromatic rings. The van der Waals surface area contributed by atoms with E-state index in [9.17, 15) is 13.2 Å². The largest absolute Gasteiger partial charge is 0.489 e. The fraction of sp³-hybridized carbons (Fsp3) is 0.250. The predicted octanol–water partition coefficient (Wildman–Crippen LogP) is 3.35. The van der Waals surface area contributed by atoms with Crippen LogP contribution < -0.4 is 14.4 Å². The maximum Gasteiger partial charge on any atom is 0.247 e. The van der Waals surface area contributed by atoms with E-state index < -0.39 is 22.0 Å². The van der Waals surface area contributed by atoms with Gasteiger partial charge in [-0.25, -0.2) is 8.42 Å². The van der Waals surface area contributed by atoms with Gasteiger partial charge in [-0.1, -0.05) is 36.4 Å². The lowest BCUT2D eigenvalue weighted by atomic mass is 10.2. The zero-order chi connectivity index (χ0) is 20.0. The number of benzene rings is 2. The molecule has 1 atom stereocenters. The zero-order valence-electron chi connectivity index (χ0n) is 15.7. The first-order valence-electron chi connectivity index (χ1n) is 8.43. The minimum absolute atomic E-state index is 0.350. The Labute approximate surface area is 160 Å². The van der Waals surface area contributed by atoms with Crippen LogP contribution in [-0.2, 0) is 14.8 Å². The predicted molar refractivity (Wildman–Crippen MR) is 109 cm³/mol. The molecule has 0 bridgehead atoms. The van der Waals surface area contributed by atoms with Gasteiger partial charge in [0.1, 0.15) is 18.4 Å². The van der Waals surface area contributed by atoms with E-state index in [2.05, 4.69) is 11.9 Å². The number of nitrogens with one attached hydrogen (secondary N) is 1. The van der Waals surface area contributed by atoms with Crippen LogP contribution in [0.3, 0.4) is 0 Å². The third-order valence-electron chi connectivity index (χ3n) is 3.85. The van der Waals surface area contributed by atoms with E-state index in [0.717, 1.165) is 16.1 Å². The van der Waals surface area contributed by atoms with Gasteiger partial charge in [-0.05, 0) is 38.1 Å². The number of rotatable bonds is 8. The fourth-order valence-corrected chi connectivity index (χ4v) is 3.74. The molecule has 0 spiro atoms. The molecule has 0 aliphatic carbocycles. The highest BCUT2D eigenvalue weighted by molar-refractivity contribution is 7.92. The molecule has 2 aromatic carbocycles. The highest BCUT2D eigenvalue weighted by Gasteiger charge is 2.29. The number of carbonyl (C=O) groups excluding carboxylic acids is 1. The van der Waals surface area contributed by atoms with Crippen LogP contribution in [0.5, 0.6) is 5.75 Å². The molecule has 1 amide bonds. The van der Waals surface area contributed by atoms with Crippen LogP contribution >= 0.6 is 0 Å². The summed E-state index contributed by atoms with van der Waals surface area (Å²) in [4.78, 5) is 12.7. The Bertz CT molecular complexity index is 908. The lowest BCUT2D eigenvalue weighted by Gasteiger charge is -2.28. The van der Waals surface area contributed by atoms with Gasteiger partial charge in [-0.2, -0.15) is 0 Å². The highest BCUT2D eigenvalue weighted by Crippen LogP contribution is 2.23. The molecule has 0 unspecified atom stereocenters. The zero-order valence-corrected chi connectivity index (χ0v) is 16.5. The molecule has 6 nitrogen and oxygen atoms in total. The quantitative estimate of drug-likeness (QED) is 0.704. The van der Waals surface area contributed by atoms with Crippen LogP contribution in [0.2, 0.25) is 0 Å². The molecule has 0 fully saturated rings. The lowest BCUT2D eigenvalue weighted by Crippen LogP contribution is -2.45. The first-order chi connectivity index (χ1) is 12.7. The Morgan fingerprint density at radius 1 is 1.26 bits per heavy atom. The average Bonchev–Trinajstić information content (AvgIpc) is 2.61. The van der Waals surface area contributed by atoms with Crippen molar-refractivity contribution in [3.8, 4) is 5.75 Å². The van der Waals surface area contributed by atoms with Crippen LogP contribution in [0.15, 0.2) is 61.2 Å². The Balaban J connectivity index is 2.22. The van der Waals surface area contributed by atoms with Crippen LogP contribution in [-0.4, -0.2) is 33.2 Å². The second kappa shape index (κ2) is 8.73. The fourth-order valence-electron chi connectivity index (χ4n) is 2.57. The Morgan fingerprint density at radius 3 is 2.52 bits per heavy atom. The normalized spacial score (nSPS) is 12.1. The molecule has 0 aromatic heterocycles. The summed E-state index contributed by atoms with van der Waals surface area (Å²) in [6.45, 7) is 7.40. The number of hydrogen-bond acceptors (Lipinski definition) is 4. The number of anilines is 2. The summed E-state index contributed by atoms with van der Waals surface area (Å²) in [5.41, 5.74) is 1.96. The van der Waals surface area contributed by atoms with Crippen molar-refractivity contribution in [1.82, 2.24) is 0 Å². The third kappa shape index (κ3) is 5.59. The van der Waals surface area contributed by atoms with E-state index in [0.29, 0.717) is 23.7 Å². The van der Waals surface area contributed by atoms with Crippen molar-refractivity contribution in [3.63, 3.8) is 0 Å². The molecule has 0 aliphatic heterocycles. The average molecular weight is 388 g/mol. The maximum atomic E-state index is 12.7. The number of ether oxygens (including phenoxy) is 1. The summed E-state index contributed by atoms with van der Waals surface area (Å²) in [7, 11) is -3.65. The monoisotopic (exact) mass is 388 g/mol. The van der Waals surface area contributed by atoms with Crippen molar-refractivity contribution in [2.75, 3.05) is 22.5 Å². The van der Waals surface area contributed by atoms with Crippen LogP contribution in [0.25, 0.3) is 0 Å². The number of hydrogen-bond donors (Lipinski definition) is 1. The van der Waals surface area contributed by atoms with E-state index in [1.807, 2.05) is 6.92 Å². The minimum Gasteiger partial charge on any atom is -0.489 e. The molecule has 27 heavy (non-hydrogen) atoms. The third-order valence-corrected chi connectivity index (χ3v) is 5.09. The molecule has 0 saturated carbocycles. The molecule has 7 heteroatoms. The van der Waals surface area contributed by atoms with Crippen molar-refractivity contribution in [1.29, 1.82) is 0 Å². The second-order valence-electron chi connectivity index (χ2n) is 6.19. The SMILES string of the molecule is C=CCOc1cccc(NC(=O)[C@@H](C)N(c2ccc(C)cc2)S(C)(=O)=O)c1. The van der Waals surface area contributed by atoms with E-state index in [-0.39, 0.29) is 0 Å². The number of sulfonamides is 1. The molecule has 0 heterocycles. The topological polar surface area (TPSA) is 75.7 Å². The number of nitrogens with zero attached hydrogens (tertiary/aromatic N) is 1. The Kier molecular flexibility index (Phi) is 6.63. The van der Waals surface area contributed by atoms with Crippen molar-refractivity contribution in [3.05, 3.63) is 66.7 Å². The second-order valence-corrected chi connectivity index (χ2v) is 8.05. The van der Waals surface area contributed by atoms with Gasteiger partial charge >= 0.3 is 0 Å². The van der Waals surface area contributed by atoms with E-state index in [4.69, 9.17) is 4.74 Å². The van der Waals surface area contributed by atoms with Crippen molar-refractivity contribution in [2.24, 2.45) is 0 Å². The highest BCUT2D eigenvalue weighted by atomic mass is 32.2. The summed E-state index contributed by atoms with van der Waals surface area (Å²) in [6.07, 6.45) is 2.71. The van der Waals surface area contributed by atoms with Gasteiger partial charge < -0.3 is 10.1 Å². The Morgan fingerprint density at radius 2 is 1.93 bits per heavy atom. The summed E-state index contributed by atoms with van der Waals surface area (Å²) in [5.74, 6) is 0.140. The van der Waals surface area contributed by atoms with E-state index in [1.165, 1.54) is 0 Å². The van der Waals surface area contributed by atoms with E-state index in [1.54, 1.807) is 61.5 Å². The van der Waals surface area contributed by atoms with Gasteiger partial charge in [-0.3, -0.25) is 9.10 Å². The van der Waals surface area contributed by atoms with Crippen molar-refractivity contribution in [2.45, 2.75) is 19.9 Å². The first-order valence-corrected chi connectivity index (χ1v) is 10.3. The minimum atomic E-state index is -3.65. The lowest BCUT2D eigenvalue weighted by molar-refractivity contribution is -0.116. The van der Waals surface area contributed by atoms with Gasteiger partial charge in [0.25, 0.3) is 0 Å². The molecule has 0 aliphatic rings. The van der Waals surface area contributed by atoms with Crippen LogP contribution in [0, 0.1) is 6.92 Å². The van der Waals surface area contributed by atoms with Gasteiger partial charge in [0.2, 0.25) is 15.9 Å². The Hall–Kier alpha value is -2.80. The van der Waals surface area contributed by atoms with E-state index >= 15 is 0 Å². The standard InChI is InChI=1S/C20H24N2O4S/c1-5-13-26-19-8-6-7-17(14-19)21-20(23)16(3)22(27(4,24)25)18-11-9-15(2)10-12-18/h5-12,14,16H,1,13H2,2-4H3,(H,21,23)/t16-/m1/s1. The summed E-state index contributed by atoms with van der Waals surface area (Å²) >= 11 is 0. The molecular weight excluding hydrogens is 364 g/mol. The van der Waals surface area contributed by atoms with Crippen LogP contribution in [0.4, 0.5) is 11.4 Å². The number of amides is 1. The summed E-state index contributed by atoms with van der Waals surface area (Å²) < 4.78 is 31.2. The first kappa shape index (κ1) is 20.5. The van der Waals surface area contributed by atoms with Crippen LogP contribution in [0.1, 0.15) is 12.5 Å². The van der Waals surface area contributed by atoms with Crippen molar-refractivity contribution >= 4 is 27.3 Å². The van der Waals surface area contributed by atoms with Gasteiger partial charge in [0.05, 0.1) is 11.9 Å². The molecular formula is C20H24N2O4S. The molecule has 0 saturated heterocycles. The van der Waals surface area contributed by atoms with Gasteiger partial charge in [0.15, 0.2) is 0 Å². The number of carbonyl (C=O) groups is 1. The van der Waals surface area contributed by atoms with Gasteiger partial charge in [0, 0.05) is 11.8 Å². The summed E-state index contributed by atoms with van der Waals surface area (Å²) in [5, 5.41) is 2.74. The molecule has 0 radical (unpaired) electrons. The summed E-state index contributed by atoms with van der Waals surface area (Å²) in [6, 6.07) is 12.9. The number of aryl methyl sites for hydroxylation is 1. The van der Waals surface area contributed by atoms with Gasteiger partial charge in [-0.15, -0.1) is 0 Å². The molecule has 144 valence electrons.